The van der Waals surface area contributed by atoms with Crippen LogP contribution in [0.3, 0.4) is 0 Å². The third kappa shape index (κ3) is 8.07. The maximum absolute atomic E-state index is 12.4. The quantitative estimate of drug-likeness (QED) is 0.622. The Kier molecular flexibility index (Phi) is 8.72. The molecule has 2 aromatic rings. The lowest BCUT2D eigenvalue weighted by molar-refractivity contribution is 0.0395. The largest absolute Gasteiger partial charge is 0.496 e. The Morgan fingerprint density at radius 3 is 2.30 bits per heavy atom. The van der Waals surface area contributed by atoms with Crippen molar-refractivity contribution in [2.24, 2.45) is 5.92 Å². The number of benzene rings is 2. The van der Waals surface area contributed by atoms with Gasteiger partial charge in [0.25, 0.3) is 0 Å². The van der Waals surface area contributed by atoms with Crippen LogP contribution >= 0.6 is 0 Å². The van der Waals surface area contributed by atoms with E-state index in [2.05, 4.69) is 12.2 Å². The van der Waals surface area contributed by atoms with E-state index in [-0.39, 0.29) is 5.92 Å². The highest BCUT2D eigenvalue weighted by molar-refractivity contribution is 5.68. The highest BCUT2D eigenvalue weighted by Gasteiger charge is 2.26. The molecule has 0 bridgehead atoms. The van der Waals surface area contributed by atoms with Gasteiger partial charge in [0.1, 0.15) is 11.4 Å². The van der Waals surface area contributed by atoms with Crippen molar-refractivity contribution in [3.05, 3.63) is 65.7 Å². The first-order valence-corrected chi connectivity index (χ1v) is 10.5. The number of carbonyl (C=O) groups is 1. The average Bonchev–Trinajstić information content (AvgIpc) is 2.67. The molecule has 2 rings (SSSR count). The van der Waals surface area contributed by atoms with Crippen LogP contribution in [-0.2, 0) is 17.6 Å². The molecule has 0 aliphatic carbocycles. The third-order valence-corrected chi connectivity index (χ3v) is 4.87. The number of ether oxygens (including phenoxy) is 2. The van der Waals surface area contributed by atoms with Crippen molar-refractivity contribution in [2.75, 3.05) is 7.11 Å². The Morgan fingerprint density at radius 1 is 1.03 bits per heavy atom. The summed E-state index contributed by atoms with van der Waals surface area (Å²) < 4.78 is 10.8. The van der Waals surface area contributed by atoms with E-state index < -0.39 is 23.8 Å². The molecule has 30 heavy (non-hydrogen) atoms. The molecule has 2 N–H and O–H groups in total. The summed E-state index contributed by atoms with van der Waals surface area (Å²) in [6, 6.07) is 17.3. The number of nitrogens with one attached hydrogen (secondary N) is 1. The second-order valence-corrected chi connectivity index (χ2v) is 8.87. The fourth-order valence-electron chi connectivity index (χ4n) is 3.52. The normalized spacial score (nSPS) is 14.5. The molecule has 0 aliphatic rings. The number of para-hydroxylation sites is 1. The molecule has 0 saturated heterocycles. The van der Waals surface area contributed by atoms with Crippen molar-refractivity contribution in [2.45, 2.75) is 64.7 Å². The van der Waals surface area contributed by atoms with Gasteiger partial charge in [-0.3, -0.25) is 0 Å². The summed E-state index contributed by atoms with van der Waals surface area (Å²) in [4.78, 5) is 12.4. The molecule has 5 heteroatoms. The van der Waals surface area contributed by atoms with E-state index in [0.29, 0.717) is 12.8 Å². The number of amides is 1. The van der Waals surface area contributed by atoms with E-state index in [1.165, 1.54) is 0 Å². The van der Waals surface area contributed by atoms with Crippen LogP contribution in [0, 0.1) is 5.92 Å². The maximum Gasteiger partial charge on any atom is 0.407 e. The van der Waals surface area contributed by atoms with Crippen molar-refractivity contribution >= 4 is 6.09 Å². The Balaban J connectivity index is 2.06. The summed E-state index contributed by atoms with van der Waals surface area (Å²) >= 11 is 0. The van der Waals surface area contributed by atoms with Crippen LogP contribution in [0.25, 0.3) is 0 Å². The fourth-order valence-corrected chi connectivity index (χ4v) is 3.52. The highest BCUT2D eigenvalue weighted by atomic mass is 16.6. The molecule has 0 saturated carbocycles. The molecule has 1 amide bonds. The van der Waals surface area contributed by atoms with E-state index in [9.17, 15) is 9.90 Å². The Morgan fingerprint density at radius 2 is 1.67 bits per heavy atom. The van der Waals surface area contributed by atoms with Crippen LogP contribution in [0.1, 0.15) is 45.2 Å². The van der Waals surface area contributed by atoms with Crippen LogP contribution in [0.4, 0.5) is 4.79 Å². The third-order valence-electron chi connectivity index (χ3n) is 4.87. The predicted octanol–water partition coefficient (Wildman–Crippen LogP) is 4.76. The molecule has 0 heterocycles. The predicted molar refractivity (Wildman–Crippen MR) is 120 cm³/mol. The Hall–Kier alpha value is -2.53. The number of aliphatic hydroxyl groups excluding tert-OH is 1. The molecule has 2 aromatic carbocycles. The first-order valence-electron chi connectivity index (χ1n) is 10.5. The second kappa shape index (κ2) is 11.0. The average molecular weight is 414 g/mol. The van der Waals surface area contributed by atoms with Gasteiger partial charge in [0, 0.05) is 0 Å². The first-order chi connectivity index (χ1) is 14.2. The monoisotopic (exact) mass is 413 g/mol. The topological polar surface area (TPSA) is 67.8 Å². The van der Waals surface area contributed by atoms with E-state index in [1.807, 2.05) is 75.4 Å². The van der Waals surface area contributed by atoms with Crippen LogP contribution in [-0.4, -0.2) is 36.1 Å². The lowest BCUT2D eigenvalue weighted by atomic mass is 9.90. The van der Waals surface area contributed by atoms with Gasteiger partial charge in [-0.25, -0.2) is 4.79 Å². The molecule has 164 valence electrons. The molecular formula is C25H35NO4. The zero-order chi connectivity index (χ0) is 22.1. The molecule has 0 aromatic heterocycles. The van der Waals surface area contributed by atoms with Crippen LogP contribution in [0.2, 0.25) is 0 Å². The summed E-state index contributed by atoms with van der Waals surface area (Å²) in [5.41, 5.74) is 1.57. The molecule has 0 unspecified atom stereocenters. The van der Waals surface area contributed by atoms with Gasteiger partial charge in [0.05, 0.1) is 19.3 Å². The fraction of sp³-hybridized carbons (Fsp3) is 0.480. The summed E-state index contributed by atoms with van der Waals surface area (Å²) in [5, 5.41) is 13.9. The molecule has 0 aliphatic heterocycles. The lowest BCUT2D eigenvalue weighted by Gasteiger charge is -2.28. The maximum atomic E-state index is 12.4. The molecule has 0 fully saturated rings. The zero-order valence-electron chi connectivity index (χ0n) is 18.7. The molecule has 5 nitrogen and oxygen atoms in total. The van der Waals surface area contributed by atoms with Crippen molar-refractivity contribution < 1.29 is 19.4 Å². The second-order valence-electron chi connectivity index (χ2n) is 8.87. The molecule has 0 spiro atoms. The minimum absolute atomic E-state index is 0.204. The zero-order valence-corrected chi connectivity index (χ0v) is 18.7. The number of hydrogen-bond donors (Lipinski definition) is 2. The van der Waals surface area contributed by atoms with E-state index in [0.717, 1.165) is 23.3 Å². The summed E-state index contributed by atoms with van der Waals surface area (Å²) in [7, 11) is 1.67. The Bertz CT molecular complexity index is 785. The highest BCUT2D eigenvalue weighted by Crippen LogP contribution is 2.24. The number of hydrogen-bond acceptors (Lipinski definition) is 4. The van der Waals surface area contributed by atoms with Crippen LogP contribution in [0.15, 0.2) is 54.6 Å². The van der Waals surface area contributed by atoms with E-state index in [1.54, 1.807) is 7.11 Å². The summed E-state index contributed by atoms with van der Waals surface area (Å²) in [6.07, 6.45) is 0.641. The van der Waals surface area contributed by atoms with Crippen LogP contribution < -0.4 is 10.1 Å². The number of alkyl carbamates (subject to hydrolysis) is 1. The van der Waals surface area contributed by atoms with Gasteiger partial charge in [0.2, 0.25) is 0 Å². The van der Waals surface area contributed by atoms with E-state index >= 15 is 0 Å². The van der Waals surface area contributed by atoms with Crippen molar-refractivity contribution in [1.29, 1.82) is 0 Å². The number of rotatable bonds is 9. The smallest absolute Gasteiger partial charge is 0.407 e. The van der Waals surface area contributed by atoms with Crippen LogP contribution in [0.5, 0.6) is 5.75 Å². The minimum atomic E-state index is -0.706. The SMILES string of the molecule is COc1ccccc1C[C@@H](C)C[C@H](O)[C@H](Cc1ccccc1)NC(=O)OC(C)(C)C. The summed E-state index contributed by atoms with van der Waals surface area (Å²) in [6.45, 7) is 7.57. The first kappa shape index (κ1) is 23.7. The van der Waals surface area contributed by atoms with Gasteiger partial charge in [-0.2, -0.15) is 0 Å². The number of aliphatic hydroxyl groups is 1. The molecule has 3 atom stereocenters. The van der Waals surface area contributed by atoms with E-state index in [4.69, 9.17) is 9.47 Å². The van der Waals surface area contributed by atoms with Gasteiger partial charge in [-0.15, -0.1) is 0 Å². The van der Waals surface area contributed by atoms with Crippen molar-refractivity contribution in [1.82, 2.24) is 5.32 Å². The molecular weight excluding hydrogens is 378 g/mol. The number of carbonyl (C=O) groups excluding carboxylic acids is 1. The standard InChI is InChI=1S/C25H35NO4/c1-18(15-20-13-9-10-14-23(20)29-5)16-22(27)21(17-19-11-7-6-8-12-19)26-24(28)30-25(2,3)4/h6-14,18,21-22,27H,15-17H2,1-5H3,(H,26,28)/t18-,21+,22+/m1/s1. The lowest BCUT2D eigenvalue weighted by Crippen LogP contribution is -2.47. The Labute approximate surface area is 180 Å². The van der Waals surface area contributed by atoms with Gasteiger partial charge in [0.15, 0.2) is 0 Å². The van der Waals surface area contributed by atoms with Gasteiger partial charge in [-0.05, 0) is 63.1 Å². The van der Waals surface area contributed by atoms with Crippen molar-refractivity contribution in [3.8, 4) is 5.75 Å². The van der Waals surface area contributed by atoms with Crippen molar-refractivity contribution in [3.63, 3.8) is 0 Å². The van der Waals surface area contributed by atoms with Gasteiger partial charge >= 0.3 is 6.09 Å². The van der Waals surface area contributed by atoms with Gasteiger partial charge in [-0.1, -0.05) is 55.5 Å². The van der Waals surface area contributed by atoms with Gasteiger partial charge < -0.3 is 19.9 Å². The minimum Gasteiger partial charge on any atom is -0.496 e. The molecule has 0 radical (unpaired) electrons. The summed E-state index contributed by atoms with van der Waals surface area (Å²) in [5.74, 6) is 1.06. The number of methoxy groups -OCH3 is 1.